The minimum absolute atomic E-state index is 0.0355. The number of hydrogen-bond donors (Lipinski definition) is 1. The number of hydrogen-bond acceptors (Lipinski definition) is 4. The molecule has 3 amide bonds. The molecule has 5 rings (SSSR count). The van der Waals surface area contributed by atoms with Crippen LogP contribution in [0.15, 0.2) is 24.3 Å². The number of alkyl halides is 3. The zero-order chi connectivity index (χ0) is 24.6. The molecule has 1 N–H and O–H groups in total. The molecule has 192 valence electrons. The van der Waals surface area contributed by atoms with E-state index < -0.39 is 11.7 Å². The average Bonchev–Trinajstić information content (AvgIpc) is 3.68. The van der Waals surface area contributed by atoms with Crippen LogP contribution in [0, 0.1) is 11.8 Å². The third-order valence-electron chi connectivity index (χ3n) is 7.61. The van der Waals surface area contributed by atoms with Gasteiger partial charge in [0.2, 0.25) is 5.91 Å². The zero-order valence-electron chi connectivity index (χ0n) is 19.6. The molecule has 1 aromatic rings. The molecule has 4 fully saturated rings. The van der Waals surface area contributed by atoms with E-state index in [-0.39, 0.29) is 42.7 Å². The van der Waals surface area contributed by atoms with Crippen LogP contribution in [0.4, 0.5) is 18.0 Å². The van der Waals surface area contributed by atoms with E-state index in [1.54, 1.807) is 4.90 Å². The standard InChI is InChI=1S/C25H32F3N3O4/c26-25(27,28)19-5-3-17(4-6-19)23(35-14-16-1-2-16)18-7-10-30(11-8-18)24(33)31-12-9-21-20(13-31)29-22(32)15-34-21/h3-6,16,18,20-21,23H,1-2,7-15H2,(H,29,32)/t20-,21+,23?/m1/s1. The number of ether oxygens (including phenoxy) is 2. The van der Waals surface area contributed by atoms with E-state index in [2.05, 4.69) is 5.32 Å². The van der Waals surface area contributed by atoms with Gasteiger partial charge in [0.05, 0.1) is 30.4 Å². The first kappa shape index (κ1) is 24.4. The Balaban J connectivity index is 1.19. The molecule has 0 aromatic heterocycles. The van der Waals surface area contributed by atoms with E-state index in [9.17, 15) is 22.8 Å². The molecule has 4 aliphatic rings. The van der Waals surface area contributed by atoms with E-state index in [1.165, 1.54) is 12.1 Å². The molecular weight excluding hydrogens is 463 g/mol. The number of fused-ring (bicyclic) bond motifs is 1. The second-order valence-corrected chi connectivity index (χ2v) is 10.2. The van der Waals surface area contributed by atoms with Gasteiger partial charge in [0.25, 0.3) is 0 Å². The van der Waals surface area contributed by atoms with Gasteiger partial charge >= 0.3 is 12.2 Å². The van der Waals surface area contributed by atoms with Crippen LogP contribution in [-0.4, -0.2) is 73.3 Å². The Morgan fingerprint density at radius 1 is 1.06 bits per heavy atom. The summed E-state index contributed by atoms with van der Waals surface area (Å²) < 4.78 is 50.9. The molecular formula is C25H32F3N3O4. The lowest BCUT2D eigenvalue weighted by Gasteiger charge is -2.44. The summed E-state index contributed by atoms with van der Waals surface area (Å²) in [6.45, 7) is 2.87. The summed E-state index contributed by atoms with van der Waals surface area (Å²) >= 11 is 0. The molecule has 1 saturated carbocycles. The van der Waals surface area contributed by atoms with Crippen LogP contribution in [0.25, 0.3) is 0 Å². The molecule has 7 nitrogen and oxygen atoms in total. The number of benzene rings is 1. The molecule has 3 aliphatic heterocycles. The fourth-order valence-electron chi connectivity index (χ4n) is 5.36. The number of carbonyl (C=O) groups excluding carboxylic acids is 2. The van der Waals surface area contributed by atoms with Gasteiger partial charge in [-0.2, -0.15) is 13.2 Å². The maximum atomic E-state index is 13.2. The number of amides is 3. The Labute approximate surface area is 202 Å². The van der Waals surface area contributed by atoms with Gasteiger partial charge in [0.1, 0.15) is 6.61 Å². The summed E-state index contributed by atoms with van der Waals surface area (Å²) in [5, 5.41) is 2.92. The van der Waals surface area contributed by atoms with Crippen molar-refractivity contribution < 1.29 is 32.2 Å². The van der Waals surface area contributed by atoms with Crippen LogP contribution in [0.1, 0.15) is 49.3 Å². The molecule has 3 atom stereocenters. The van der Waals surface area contributed by atoms with Crippen molar-refractivity contribution in [3.8, 4) is 0 Å². The number of halogens is 3. The molecule has 3 saturated heterocycles. The fourth-order valence-corrected chi connectivity index (χ4v) is 5.36. The second kappa shape index (κ2) is 9.97. The van der Waals surface area contributed by atoms with Crippen molar-refractivity contribution in [1.29, 1.82) is 0 Å². The minimum atomic E-state index is -4.37. The Morgan fingerprint density at radius 3 is 2.40 bits per heavy atom. The molecule has 1 unspecified atom stereocenters. The number of carbonyl (C=O) groups is 2. The quantitative estimate of drug-likeness (QED) is 0.678. The van der Waals surface area contributed by atoms with Crippen molar-refractivity contribution >= 4 is 11.9 Å². The topological polar surface area (TPSA) is 71.1 Å². The highest BCUT2D eigenvalue weighted by molar-refractivity contribution is 5.79. The first-order chi connectivity index (χ1) is 16.8. The van der Waals surface area contributed by atoms with E-state index in [0.717, 1.165) is 43.4 Å². The summed E-state index contributed by atoms with van der Waals surface area (Å²) in [7, 11) is 0. The predicted molar refractivity (Wildman–Crippen MR) is 120 cm³/mol. The van der Waals surface area contributed by atoms with Gasteiger partial charge in [-0.3, -0.25) is 4.79 Å². The van der Waals surface area contributed by atoms with Crippen LogP contribution >= 0.6 is 0 Å². The molecule has 0 spiro atoms. The summed E-state index contributed by atoms with van der Waals surface area (Å²) in [5.74, 6) is 0.522. The van der Waals surface area contributed by atoms with E-state index in [4.69, 9.17) is 9.47 Å². The van der Waals surface area contributed by atoms with Gasteiger partial charge in [-0.25, -0.2) is 4.79 Å². The number of rotatable bonds is 5. The molecule has 0 radical (unpaired) electrons. The van der Waals surface area contributed by atoms with Crippen LogP contribution in [-0.2, 0) is 20.4 Å². The summed E-state index contributed by atoms with van der Waals surface area (Å²) in [6.07, 6.45) is -0.278. The molecule has 0 bridgehead atoms. The lowest BCUT2D eigenvalue weighted by molar-refractivity contribution is -0.140. The van der Waals surface area contributed by atoms with Gasteiger partial charge < -0.3 is 24.6 Å². The smallest absolute Gasteiger partial charge is 0.373 e. The van der Waals surface area contributed by atoms with Gasteiger partial charge in [-0.1, -0.05) is 12.1 Å². The van der Waals surface area contributed by atoms with E-state index in [1.807, 2.05) is 4.90 Å². The number of urea groups is 1. The third-order valence-corrected chi connectivity index (χ3v) is 7.61. The molecule has 3 heterocycles. The number of likely N-dealkylation sites (tertiary alicyclic amines) is 2. The van der Waals surface area contributed by atoms with Crippen LogP contribution in [0.3, 0.4) is 0 Å². The SMILES string of the molecule is O=C1CO[C@H]2CCN(C(=O)N3CCC(C(OCC4CC4)c4ccc(C(F)(F)F)cc4)CC3)C[C@H]2N1. The summed E-state index contributed by atoms with van der Waals surface area (Å²) in [6, 6.07) is 5.10. The third kappa shape index (κ3) is 5.74. The maximum Gasteiger partial charge on any atom is 0.416 e. The second-order valence-electron chi connectivity index (χ2n) is 10.2. The van der Waals surface area contributed by atoms with Crippen LogP contribution in [0.5, 0.6) is 0 Å². The fraction of sp³-hybridized carbons (Fsp3) is 0.680. The van der Waals surface area contributed by atoms with Crippen LogP contribution in [0.2, 0.25) is 0 Å². The predicted octanol–water partition coefficient (Wildman–Crippen LogP) is 3.59. The van der Waals surface area contributed by atoms with Crippen molar-refractivity contribution in [1.82, 2.24) is 15.1 Å². The first-order valence-electron chi connectivity index (χ1n) is 12.5. The Bertz CT molecular complexity index is 914. The Kier molecular flexibility index (Phi) is 6.94. The van der Waals surface area contributed by atoms with Crippen molar-refractivity contribution in [2.24, 2.45) is 11.8 Å². The lowest BCUT2D eigenvalue weighted by atomic mass is 9.87. The van der Waals surface area contributed by atoms with Gasteiger partial charge in [-0.05, 0) is 61.6 Å². The average molecular weight is 496 g/mol. The van der Waals surface area contributed by atoms with Gasteiger partial charge in [0, 0.05) is 26.2 Å². The monoisotopic (exact) mass is 495 g/mol. The summed E-state index contributed by atoms with van der Waals surface area (Å²) in [5.41, 5.74) is 0.101. The number of piperidine rings is 2. The molecule has 10 heteroatoms. The lowest BCUT2D eigenvalue weighted by Crippen LogP contribution is -2.62. The number of nitrogens with one attached hydrogen (secondary N) is 1. The number of nitrogens with zero attached hydrogens (tertiary/aromatic N) is 2. The van der Waals surface area contributed by atoms with Crippen molar-refractivity contribution in [2.75, 3.05) is 39.4 Å². The van der Waals surface area contributed by atoms with Crippen molar-refractivity contribution in [3.63, 3.8) is 0 Å². The van der Waals surface area contributed by atoms with E-state index >= 15 is 0 Å². The molecule has 1 aromatic carbocycles. The largest absolute Gasteiger partial charge is 0.416 e. The Hall–Kier alpha value is -2.33. The van der Waals surface area contributed by atoms with Gasteiger partial charge in [-0.15, -0.1) is 0 Å². The normalized spacial score (nSPS) is 26.8. The highest BCUT2D eigenvalue weighted by Crippen LogP contribution is 2.38. The zero-order valence-corrected chi connectivity index (χ0v) is 19.6. The van der Waals surface area contributed by atoms with Crippen LogP contribution < -0.4 is 5.32 Å². The highest BCUT2D eigenvalue weighted by Gasteiger charge is 2.39. The maximum absolute atomic E-state index is 13.2. The van der Waals surface area contributed by atoms with E-state index in [0.29, 0.717) is 45.1 Å². The summed E-state index contributed by atoms with van der Waals surface area (Å²) in [4.78, 5) is 28.5. The van der Waals surface area contributed by atoms with Crippen molar-refractivity contribution in [2.45, 2.75) is 56.5 Å². The number of morpholine rings is 1. The minimum Gasteiger partial charge on any atom is -0.373 e. The highest BCUT2D eigenvalue weighted by atomic mass is 19.4. The van der Waals surface area contributed by atoms with Crippen molar-refractivity contribution in [3.05, 3.63) is 35.4 Å². The Morgan fingerprint density at radius 2 is 1.74 bits per heavy atom. The molecule has 1 aliphatic carbocycles. The molecule has 35 heavy (non-hydrogen) atoms. The van der Waals surface area contributed by atoms with Gasteiger partial charge in [0.15, 0.2) is 0 Å². The first-order valence-corrected chi connectivity index (χ1v) is 12.5.